The number of nitrogens with one attached hydrogen (secondary N) is 2. The number of amidine groups is 1. The maximum absolute atomic E-state index is 13.6. The van der Waals surface area contributed by atoms with E-state index in [9.17, 15) is 4.79 Å². The first kappa shape index (κ1) is 26.3. The molecule has 0 spiro atoms. The molecule has 38 heavy (non-hydrogen) atoms. The van der Waals surface area contributed by atoms with Crippen molar-refractivity contribution in [3.05, 3.63) is 77.5 Å². The predicted octanol–water partition coefficient (Wildman–Crippen LogP) is 6.02. The Hall–Kier alpha value is -3.29. The molecule has 1 saturated carbocycles. The third kappa shape index (κ3) is 5.59. The van der Waals surface area contributed by atoms with Crippen LogP contribution in [0.1, 0.15) is 68.1 Å². The minimum Gasteiger partial charge on any atom is -0.384 e. The van der Waals surface area contributed by atoms with E-state index in [0.717, 1.165) is 42.1 Å². The van der Waals surface area contributed by atoms with Crippen molar-refractivity contribution in [2.75, 3.05) is 0 Å². The van der Waals surface area contributed by atoms with Crippen molar-refractivity contribution < 1.29 is 4.79 Å². The van der Waals surface area contributed by atoms with Crippen molar-refractivity contribution in [1.82, 2.24) is 9.88 Å². The smallest absolute Gasteiger partial charge is 0.268 e. The first-order chi connectivity index (χ1) is 18.1. The molecule has 5 rings (SSSR count). The summed E-state index contributed by atoms with van der Waals surface area (Å²) in [7, 11) is 0. The fourth-order valence-electron chi connectivity index (χ4n) is 5.38. The SMILES string of the molecule is CC(C)(C)Sc1cccc2c(Cn3c(C(=O)NC4CCC(N)CC4)cc4ccc(C(=N)N)cc43)cccc12. The maximum Gasteiger partial charge on any atom is 0.268 e. The molecular formula is C31H37N5OS. The van der Waals surface area contributed by atoms with Crippen LogP contribution in [0.15, 0.2) is 65.6 Å². The summed E-state index contributed by atoms with van der Waals surface area (Å²) < 4.78 is 2.17. The third-order valence-electron chi connectivity index (χ3n) is 7.27. The molecule has 0 aliphatic heterocycles. The number of carbonyl (C=O) groups is 1. The van der Waals surface area contributed by atoms with Crippen LogP contribution in [-0.2, 0) is 6.54 Å². The Balaban J connectivity index is 1.58. The van der Waals surface area contributed by atoms with E-state index in [-0.39, 0.29) is 28.6 Å². The van der Waals surface area contributed by atoms with E-state index in [1.54, 1.807) is 0 Å². The molecule has 1 heterocycles. The van der Waals surface area contributed by atoms with E-state index in [2.05, 4.69) is 67.1 Å². The summed E-state index contributed by atoms with van der Waals surface area (Å²) in [6.07, 6.45) is 3.67. The van der Waals surface area contributed by atoms with E-state index in [1.807, 2.05) is 36.0 Å². The molecule has 6 N–H and O–H groups in total. The number of benzene rings is 3. The summed E-state index contributed by atoms with van der Waals surface area (Å²) in [6.45, 7) is 7.21. The largest absolute Gasteiger partial charge is 0.384 e. The van der Waals surface area contributed by atoms with Crippen molar-refractivity contribution in [3.63, 3.8) is 0 Å². The highest BCUT2D eigenvalue weighted by Gasteiger charge is 2.24. The number of amides is 1. The number of thioether (sulfide) groups is 1. The van der Waals surface area contributed by atoms with E-state index < -0.39 is 0 Å². The van der Waals surface area contributed by atoms with Gasteiger partial charge in [0.1, 0.15) is 11.5 Å². The maximum atomic E-state index is 13.6. The van der Waals surface area contributed by atoms with Crippen LogP contribution in [0.25, 0.3) is 21.7 Å². The summed E-state index contributed by atoms with van der Waals surface area (Å²) in [5.41, 5.74) is 15.2. The highest BCUT2D eigenvalue weighted by molar-refractivity contribution is 8.00. The zero-order valence-electron chi connectivity index (χ0n) is 22.4. The topological polar surface area (TPSA) is 110 Å². The quantitative estimate of drug-likeness (QED) is 0.140. The molecule has 1 amide bonds. The molecular weight excluding hydrogens is 490 g/mol. The normalized spacial score (nSPS) is 18.1. The van der Waals surface area contributed by atoms with Gasteiger partial charge in [-0.2, -0.15) is 0 Å². The van der Waals surface area contributed by atoms with Gasteiger partial charge in [-0.25, -0.2) is 0 Å². The number of rotatable bonds is 6. The average molecular weight is 528 g/mol. The molecule has 7 heteroatoms. The van der Waals surface area contributed by atoms with Gasteiger partial charge in [0.2, 0.25) is 0 Å². The molecule has 1 aromatic heterocycles. The zero-order chi connectivity index (χ0) is 27.0. The van der Waals surface area contributed by atoms with Crippen LogP contribution in [-0.4, -0.2) is 33.1 Å². The van der Waals surface area contributed by atoms with Crippen LogP contribution in [0.3, 0.4) is 0 Å². The Bertz CT molecular complexity index is 1510. The summed E-state index contributed by atoms with van der Waals surface area (Å²) in [4.78, 5) is 14.9. The van der Waals surface area contributed by atoms with Crippen LogP contribution in [0.4, 0.5) is 0 Å². The van der Waals surface area contributed by atoms with E-state index in [1.165, 1.54) is 15.7 Å². The molecule has 3 aromatic carbocycles. The molecule has 0 saturated heterocycles. The lowest BCUT2D eigenvalue weighted by molar-refractivity contribution is 0.0917. The Morgan fingerprint density at radius 2 is 1.74 bits per heavy atom. The fraction of sp³-hybridized carbons (Fsp3) is 0.355. The second-order valence-corrected chi connectivity index (χ2v) is 13.2. The van der Waals surface area contributed by atoms with Crippen molar-refractivity contribution >= 4 is 45.2 Å². The van der Waals surface area contributed by atoms with Crippen molar-refractivity contribution in [2.24, 2.45) is 11.5 Å². The summed E-state index contributed by atoms with van der Waals surface area (Å²) in [6, 6.07) is 20.9. The van der Waals surface area contributed by atoms with Gasteiger partial charge in [0.05, 0.1) is 0 Å². The van der Waals surface area contributed by atoms with Gasteiger partial charge in [-0.05, 0) is 60.2 Å². The number of carbonyl (C=O) groups excluding carboxylic acids is 1. The summed E-state index contributed by atoms with van der Waals surface area (Å²) in [5, 5.41) is 14.6. The number of hydrogen-bond acceptors (Lipinski definition) is 4. The van der Waals surface area contributed by atoms with Crippen LogP contribution in [0, 0.1) is 5.41 Å². The van der Waals surface area contributed by atoms with Gasteiger partial charge < -0.3 is 21.4 Å². The number of hydrogen-bond donors (Lipinski definition) is 4. The first-order valence-corrected chi connectivity index (χ1v) is 14.1. The molecule has 6 nitrogen and oxygen atoms in total. The standard InChI is InChI=1S/C31H37N5OS/c1-31(2,3)38-28-9-5-7-24-21(6-4-8-25(24)28)18-36-26-17-20(29(33)34)11-10-19(26)16-27(36)30(37)35-23-14-12-22(32)13-15-23/h4-11,16-17,22-23H,12-15,18,32H2,1-3H3,(H3,33,34)(H,35,37). The van der Waals surface area contributed by atoms with Crippen molar-refractivity contribution in [2.45, 2.75) is 74.7 Å². The van der Waals surface area contributed by atoms with Crippen LogP contribution in [0.2, 0.25) is 0 Å². The fourth-order valence-corrected chi connectivity index (χ4v) is 6.47. The van der Waals surface area contributed by atoms with Gasteiger partial charge in [0.25, 0.3) is 5.91 Å². The third-order valence-corrected chi connectivity index (χ3v) is 8.46. The van der Waals surface area contributed by atoms with Crippen LogP contribution in [0.5, 0.6) is 0 Å². The minimum atomic E-state index is -0.0738. The summed E-state index contributed by atoms with van der Waals surface area (Å²) >= 11 is 1.86. The lowest BCUT2D eigenvalue weighted by atomic mass is 9.92. The molecule has 1 fully saturated rings. The predicted molar refractivity (Wildman–Crippen MR) is 159 cm³/mol. The molecule has 1 aliphatic rings. The first-order valence-electron chi connectivity index (χ1n) is 13.3. The Labute approximate surface area is 228 Å². The molecule has 0 unspecified atom stereocenters. The molecule has 198 valence electrons. The number of nitrogen functional groups attached to an aromatic ring is 1. The van der Waals surface area contributed by atoms with E-state index in [0.29, 0.717) is 17.8 Å². The van der Waals surface area contributed by atoms with Gasteiger partial charge >= 0.3 is 0 Å². The lowest BCUT2D eigenvalue weighted by Crippen LogP contribution is -2.41. The van der Waals surface area contributed by atoms with Gasteiger partial charge in [-0.15, -0.1) is 11.8 Å². The molecule has 4 aromatic rings. The van der Waals surface area contributed by atoms with Gasteiger partial charge in [0, 0.05) is 44.7 Å². The van der Waals surface area contributed by atoms with Crippen LogP contribution >= 0.6 is 11.8 Å². The molecule has 1 aliphatic carbocycles. The summed E-state index contributed by atoms with van der Waals surface area (Å²) in [5.74, 6) is -0.0616. The second kappa shape index (κ2) is 10.5. The van der Waals surface area contributed by atoms with Crippen molar-refractivity contribution in [3.8, 4) is 0 Å². The van der Waals surface area contributed by atoms with Crippen molar-refractivity contribution in [1.29, 1.82) is 5.41 Å². The molecule has 0 radical (unpaired) electrons. The van der Waals surface area contributed by atoms with Gasteiger partial charge in [0.15, 0.2) is 0 Å². The second-order valence-electron chi connectivity index (χ2n) is 11.4. The highest BCUT2D eigenvalue weighted by Crippen LogP contribution is 2.37. The van der Waals surface area contributed by atoms with Crippen LogP contribution < -0.4 is 16.8 Å². The zero-order valence-corrected chi connectivity index (χ0v) is 23.2. The Morgan fingerprint density at radius 3 is 2.45 bits per heavy atom. The molecule has 0 atom stereocenters. The number of nitrogens with two attached hydrogens (primary N) is 2. The number of nitrogens with zero attached hydrogens (tertiary/aromatic N) is 1. The Morgan fingerprint density at radius 1 is 1.03 bits per heavy atom. The lowest BCUT2D eigenvalue weighted by Gasteiger charge is -2.27. The minimum absolute atomic E-state index is 0.0122. The van der Waals surface area contributed by atoms with Gasteiger partial charge in [-0.3, -0.25) is 10.2 Å². The monoisotopic (exact) mass is 527 g/mol. The highest BCUT2D eigenvalue weighted by atomic mass is 32.2. The average Bonchev–Trinajstić information content (AvgIpc) is 3.23. The Kier molecular flexibility index (Phi) is 7.25. The van der Waals surface area contributed by atoms with Gasteiger partial charge in [-0.1, -0.05) is 63.2 Å². The number of aromatic nitrogens is 1. The molecule has 0 bridgehead atoms. The van der Waals surface area contributed by atoms with E-state index in [4.69, 9.17) is 16.9 Å². The number of fused-ring (bicyclic) bond motifs is 2. The van der Waals surface area contributed by atoms with E-state index >= 15 is 0 Å².